The molecule has 0 saturated carbocycles. The van der Waals surface area contributed by atoms with Crippen molar-refractivity contribution in [2.75, 3.05) is 7.05 Å². The Hall–Kier alpha value is -2.62. The molecule has 2 N–H and O–H groups in total. The Morgan fingerprint density at radius 3 is 2.47 bits per heavy atom. The van der Waals surface area contributed by atoms with Crippen LogP contribution in [-0.4, -0.2) is 29.1 Å². The standard InChI is InChI=1S/C22H27N5O2.HI/c1-15(2)29-20-10-7-17(11-24-20)12-25-22(23-4)26-13-19-14-28-21(27-19)18-8-5-16(3)6-9-18;/h5-11,14-15H,12-13H2,1-4H3,(H2,23,25,26);1H. The van der Waals surface area contributed by atoms with Gasteiger partial charge in [0.15, 0.2) is 5.96 Å². The molecule has 7 nitrogen and oxygen atoms in total. The number of rotatable bonds is 7. The highest BCUT2D eigenvalue weighted by Crippen LogP contribution is 2.19. The van der Waals surface area contributed by atoms with Crippen LogP contribution in [0, 0.1) is 6.92 Å². The molecule has 0 fully saturated rings. The fourth-order valence-corrected chi connectivity index (χ4v) is 2.62. The molecule has 2 aromatic heterocycles. The first-order valence-electron chi connectivity index (χ1n) is 9.61. The normalized spacial score (nSPS) is 11.2. The fraction of sp³-hybridized carbons (Fsp3) is 0.318. The molecule has 8 heteroatoms. The van der Waals surface area contributed by atoms with E-state index in [4.69, 9.17) is 9.15 Å². The van der Waals surface area contributed by atoms with Crippen molar-refractivity contribution in [3.63, 3.8) is 0 Å². The maximum atomic E-state index is 5.59. The highest BCUT2D eigenvalue weighted by molar-refractivity contribution is 14.0. The lowest BCUT2D eigenvalue weighted by atomic mass is 10.1. The summed E-state index contributed by atoms with van der Waals surface area (Å²) in [6, 6.07) is 11.9. The molecule has 160 valence electrons. The Morgan fingerprint density at radius 2 is 1.83 bits per heavy atom. The molecule has 0 saturated heterocycles. The Bertz CT molecular complexity index is 937. The molecule has 0 spiro atoms. The SMILES string of the molecule is CN=C(NCc1ccc(OC(C)C)nc1)NCc1coc(-c2ccc(C)cc2)n1.I. The fourth-order valence-electron chi connectivity index (χ4n) is 2.62. The van der Waals surface area contributed by atoms with E-state index in [0.29, 0.717) is 30.8 Å². The monoisotopic (exact) mass is 521 g/mol. The lowest BCUT2D eigenvalue weighted by molar-refractivity contribution is 0.232. The zero-order valence-corrected chi connectivity index (χ0v) is 20.0. The predicted molar refractivity (Wildman–Crippen MR) is 129 cm³/mol. The maximum absolute atomic E-state index is 5.59. The van der Waals surface area contributed by atoms with E-state index in [1.54, 1.807) is 19.5 Å². The van der Waals surface area contributed by atoms with E-state index in [1.165, 1.54) is 5.56 Å². The lowest BCUT2D eigenvalue weighted by Gasteiger charge is -2.12. The number of aromatic nitrogens is 2. The zero-order valence-electron chi connectivity index (χ0n) is 17.7. The summed E-state index contributed by atoms with van der Waals surface area (Å²) in [5.74, 6) is 1.91. The summed E-state index contributed by atoms with van der Waals surface area (Å²) in [5.41, 5.74) is 4.00. The van der Waals surface area contributed by atoms with Crippen LogP contribution in [0.1, 0.15) is 30.7 Å². The molecule has 0 aliphatic carbocycles. The Kier molecular flexibility index (Phi) is 9.10. The van der Waals surface area contributed by atoms with E-state index in [1.807, 2.05) is 50.2 Å². The lowest BCUT2D eigenvalue weighted by Crippen LogP contribution is -2.36. The number of pyridine rings is 1. The third-order valence-corrected chi connectivity index (χ3v) is 4.12. The van der Waals surface area contributed by atoms with Gasteiger partial charge in [-0.25, -0.2) is 9.97 Å². The average molecular weight is 521 g/mol. The molecule has 0 unspecified atom stereocenters. The van der Waals surface area contributed by atoms with Crippen molar-refractivity contribution in [3.8, 4) is 17.3 Å². The van der Waals surface area contributed by atoms with Crippen molar-refractivity contribution in [1.82, 2.24) is 20.6 Å². The van der Waals surface area contributed by atoms with Crippen LogP contribution in [-0.2, 0) is 13.1 Å². The molecule has 0 amide bonds. The van der Waals surface area contributed by atoms with Crippen molar-refractivity contribution in [2.24, 2.45) is 4.99 Å². The van der Waals surface area contributed by atoms with Gasteiger partial charge in [-0.2, -0.15) is 0 Å². The topological polar surface area (TPSA) is 84.6 Å². The van der Waals surface area contributed by atoms with Gasteiger partial charge in [0.05, 0.1) is 18.3 Å². The van der Waals surface area contributed by atoms with Crippen LogP contribution >= 0.6 is 24.0 Å². The van der Waals surface area contributed by atoms with Crippen LogP contribution < -0.4 is 15.4 Å². The van der Waals surface area contributed by atoms with Crippen molar-refractivity contribution >= 4 is 29.9 Å². The second-order valence-corrected chi connectivity index (χ2v) is 6.96. The molecule has 0 aliphatic heterocycles. The van der Waals surface area contributed by atoms with Gasteiger partial charge in [-0.15, -0.1) is 24.0 Å². The van der Waals surface area contributed by atoms with Crippen LogP contribution in [0.3, 0.4) is 0 Å². The molecule has 2 heterocycles. The van der Waals surface area contributed by atoms with Crippen LogP contribution in [0.4, 0.5) is 0 Å². The van der Waals surface area contributed by atoms with Crippen molar-refractivity contribution in [1.29, 1.82) is 0 Å². The second-order valence-electron chi connectivity index (χ2n) is 6.96. The summed E-state index contributed by atoms with van der Waals surface area (Å²) >= 11 is 0. The van der Waals surface area contributed by atoms with E-state index < -0.39 is 0 Å². The quantitative estimate of drug-likeness (QED) is 0.274. The molecule has 30 heavy (non-hydrogen) atoms. The number of aryl methyl sites for hydroxylation is 1. The number of hydrogen-bond acceptors (Lipinski definition) is 5. The number of aliphatic imine (C=N–C) groups is 1. The number of halogens is 1. The van der Waals surface area contributed by atoms with Gasteiger partial charge in [0.25, 0.3) is 0 Å². The van der Waals surface area contributed by atoms with Crippen LogP contribution in [0.2, 0.25) is 0 Å². The highest BCUT2D eigenvalue weighted by Gasteiger charge is 2.07. The summed E-state index contributed by atoms with van der Waals surface area (Å²) < 4.78 is 11.2. The smallest absolute Gasteiger partial charge is 0.226 e. The van der Waals surface area contributed by atoms with Gasteiger partial charge < -0.3 is 19.8 Å². The molecule has 0 radical (unpaired) electrons. The number of benzene rings is 1. The summed E-state index contributed by atoms with van der Waals surface area (Å²) in [6.07, 6.45) is 3.56. The minimum Gasteiger partial charge on any atom is -0.475 e. The Labute approximate surface area is 194 Å². The number of nitrogens with one attached hydrogen (secondary N) is 2. The maximum Gasteiger partial charge on any atom is 0.226 e. The van der Waals surface area contributed by atoms with Crippen molar-refractivity contribution in [2.45, 2.75) is 40.0 Å². The summed E-state index contributed by atoms with van der Waals surface area (Å²) in [4.78, 5) is 13.1. The molecular weight excluding hydrogens is 493 g/mol. The van der Waals surface area contributed by atoms with Gasteiger partial charge in [0.1, 0.15) is 6.26 Å². The molecule has 0 atom stereocenters. The second kappa shape index (κ2) is 11.5. The highest BCUT2D eigenvalue weighted by atomic mass is 127. The third kappa shape index (κ3) is 7.01. The first-order valence-corrected chi connectivity index (χ1v) is 9.61. The summed E-state index contributed by atoms with van der Waals surface area (Å²) in [5, 5.41) is 6.50. The summed E-state index contributed by atoms with van der Waals surface area (Å²) in [7, 11) is 1.73. The molecule has 1 aromatic carbocycles. The first-order chi connectivity index (χ1) is 14.0. The average Bonchev–Trinajstić information content (AvgIpc) is 3.18. The largest absolute Gasteiger partial charge is 0.475 e. The van der Waals surface area contributed by atoms with Gasteiger partial charge in [0, 0.05) is 31.4 Å². The molecule has 0 bridgehead atoms. The Balaban J connectivity index is 0.00000320. The van der Waals surface area contributed by atoms with Crippen molar-refractivity contribution < 1.29 is 9.15 Å². The van der Waals surface area contributed by atoms with Gasteiger partial charge in [0.2, 0.25) is 11.8 Å². The number of guanidine groups is 1. The first kappa shape index (κ1) is 23.7. The minimum absolute atomic E-state index is 0. The Morgan fingerprint density at radius 1 is 1.10 bits per heavy atom. The van der Waals surface area contributed by atoms with Crippen molar-refractivity contribution in [3.05, 3.63) is 65.7 Å². The molecule has 3 rings (SSSR count). The zero-order chi connectivity index (χ0) is 20.6. The van der Waals surface area contributed by atoms with Crippen LogP contribution in [0.25, 0.3) is 11.5 Å². The van der Waals surface area contributed by atoms with E-state index in [-0.39, 0.29) is 30.1 Å². The van der Waals surface area contributed by atoms with E-state index >= 15 is 0 Å². The van der Waals surface area contributed by atoms with Gasteiger partial charge in [-0.05, 0) is 38.5 Å². The molecular formula is C22H28IN5O2. The van der Waals surface area contributed by atoms with Gasteiger partial charge >= 0.3 is 0 Å². The van der Waals surface area contributed by atoms with E-state index in [0.717, 1.165) is 16.8 Å². The van der Waals surface area contributed by atoms with E-state index in [9.17, 15) is 0 Å². The van der Waals surface area contributed by atoms with Gasteiger partial charge in [-0.1, -0.05) is 23.8 Å². The number of ether oxygens (including phenoxy) is 1. The number of nitrogens with zero attached hydrogens (tertiary/aromatic N) is 3. The number of hydrogen-bond donors (Lipinski definition) is 2. The summed E-state index contributed by atoms with van der Waals surface area (Å²) in [6.45, 7) is 7.12. The third-order valence-electron chi connectivity index (χ3n) is 4.12. The number of oxazole rings is 1. The van der Waals surface area contributed by atoms with Gasteiger partial charge in [-0.3, -0.25) is 4.99 Å². The molecule has 3 aromatic rings. The van der Waals surface area contributed by atoms with Crippen LogP contribution in [0.5, 0.6) is 5.88 Å². The predicted octanol–water partition coefficient (Wildman–Crippen LogP) is 4.32. The minimum atomic E-state index is 0. The van der Waals surface area contributed by atoms with Crippen LogP contribution in [0.15, 0.2) is 58.3 Å². The molecule has 0 aliphatic rings. The van der Waals surface area contributed by atoms with E-state index in [2.05, 4.69) is 32.5 Å².